The molecule has 2 rings (SSSR count). The van der Waals surface area contributed by atoms with E-state index in [9.17, 15) is 0 Å². The molecular formula is C15H18N4O. The number of oxime groups is 1. The zero-order chi connectivity index (χ0) is 14.4. The number of aromatic nitrogens is 1. The van der Waals surface area contributed by atoms with Crippen molar-refractivity contribution in [2.45, 2.75) is 13.1 Å². The molecule has 5 heteroatoms. The normalized spacial score (nSPS) is 11.8. The van der Waals surface area contributed by atoms with Gasteiger partial charge in [-0.05, 0) is 30.8 Å². The molecule has 2 aromatic rings. The van der Waals surface area contributed by atoms with Crippen molar-refractivity contribution in [1.82, 2.24) is 9.88 Å². The Morgan fingerprint density at radius 1 is 1.25 bits per heavy atom. The van der Waals surface area contributed by atoms with Gasteiger partial charge in [0.2, 0.25) is 0 Å². The van der Waals surface area contributed by atoms with Crippen LogP contribution >= 0.6 is 0 Å². The lowest BCUT2D eigenvalue weighted by molar-refractivity contribution is 0.315. The van der Waals surface area contributed by atoms with E-state index in [0.29, 0.717) is 0 Å². The average molecular weight is 270 g/mol. The Labute approximate surface area is 118 Å². The van der Waals surface area contributed by atoms with Gasteiger partial charge in [-0.3, -0.25) is 9.88 Å². The maximum absolute atomic E-state index is 8.70. The van der Waals surface area contributed by atoms with E-state index in [0.717, 1.165) is 29.9 Å². The molecule has 3 N–H and O–H groups in total. The first-order valence-corrected chi connectivity index (χ1v) is 6.34. The summed E-state index contributed by atoms with van der Waals surface area (Å²) >= 11 is 0. The van der Waals surface area contributed by atoms with Gasteiger partial charge in [0, 0.05) is 24.8 Å². The van der Waals surface area contributed by atoms with Crippen molar-refractivity contribution in [3.05, 3.63) is 65.5 Å². The van der Waals surface area contributed by atoms with Gasteiger partial charge in [-0.1, -0.05) is 29.4 Å². The Hall–Kier alpha value is -2.40. The molecule has 0 radical (unpaired) electrons. The number of benzene rings is 1. The van der Waals surface area contributed by atoms with E-state index in [1.807, 2.05) is 49.5 Å². The molecule has 0 aliphatic heterocycles. The summed E-state index contributed by atoms with van der Waals surface area (Å²) in [6.45, 7) is 1.54. The van der Waals surface area contributed by atoms with Crippen LogP contribution in [0.15, 0.2) is 53.8 Å². The largest absolute Gasteiger partial charge is 0.409 e. The summed E-state index contributed by atoms with van der Waals surface area (Å²) in [6.07, 6.45) is 1.79. The highest BCUT2D eigenvalue weighted by molar-refractivity contribution is 5.97. The summed E-state index contributed by atoms with van der Waals surface area (Å²) in [7, 11) is 2.03. The third kappa shape index (κ3) is 3.80. The molecule has 104 valence electrons. The van der Waals surface area contributed by atoms with Crippen LogP contribution in [0.3, 0.4) is 0 Å². The quantitative estimate of drug-likeness (QED) is 0.376. The number of hydrogen-bond donors (Lipinski definition) is 2. The third-order valence-corrected chi connectivity index (χ3v) is 2.94. The van der Waals surface area contributed by atoms with Gasteiger partial charge in [0.15, 0.2) is 5.84 Å². The van der Waals surface area contributed by atoms with E-state index in [-0.39, 0.29) is 5.84 Å². The summed E-state index contributed by atoms with van der Waals surface area (Å²) < 4.78 is 0. The Kier molecular flexibility index (Phi) is 4.68. The SMILES string of the molecule is CN(Cc1cccc(/C(N)=N/O)c1)Cc1ccccn1. The molecule has 0 saturated heterocycles. The number of amidine groups is 1. The predicted molar refractivity (Wildman–Crippen MR) is 78.4 cm³/mol. The Balaban J connectivity index is 2.03. The second kappa shape index (κ2) is 6.68. The van der Waals surface area contributed by atoms with Crippen LogP contribution in [-0.4, -0.2) is 28.0 Å². The van der Waals surface area contributed by atoms with Gasteiger partial charge in [-0.2, -0.15) is 0 Å². The molecule has 1 aromatic carbocycles. The minimum absolute atomic E-state index is 0.124. The molecule has 1 heterocycles. The fourth-order valence-electron chi connectivity index (χ4n) is 2.02. The monoisotopic (exact) mass is 270 g/mol. The van der Waals surface area contributed by atoms with Crippen molar-refractivity contribution < 1.29 is 5.21 Å². The highest BCUT2D eigenvalue weighted by Gasteiger charge is 2.05. The molecule has 0 saturated carbocycles. The smallest absolute Gasteiger partial charge is 0.170 e. The first-order valence-electron chi connectivity index (χ1n) is 6.34. The number of nitrogens with zero attached hydrogens (tertiary/aromatic N) is 3. The molecular weight excluding hydrogens is 252 g/mol. The van der Waals surface area contributed by atoms with Crippen LogP contribution in [0, 0.1) is 0 Å². The molecule has 0 aliphatic carbocycles. The van der Waals surface area contributed by atoms with Crippen LogP contribution in [0.5, 0.6) is 0 Å². The number of hydrogen-bond acceptors (Lipinski definition) is 4. The van der Waals surface area contributed by atoms with Gasteiger partial charge >= 0.3 is 0 Å². The molecule has 0 fully saturated rings. The van der Waals surface area contributed by atoms with Crippen LogP contribution < -0.4 is 5.73 Å². The van der Waals surface area contributed by atoms with E-state index in [1.165, 1.54) is 0 Å². The first kappa shape index (κ1) is 14.0. The second-order valence-corrected chi connectivity index (χ2v) is 4.68. The van der Waals surface area contributed by atoms with E-state index >= 15 is 0 Å². The van der Waals surface area contributed by atoms with Crippen LogP contribution in [0.1, 0.15) is 16.8 Å². The van der Waals surface area contributed by atoms with Gasteiger partial charge in [-0.15, -0.1) is 0 Å². The van der Waals surface area contributed by atoms with Gasteiger partial charge in [0.1, 0.15) is 0 Å². The maximum atomic E-state index is 8.70. The van der Waals surface area contributed by atoms with Crippen molar-refractivity contribution in [3.8, 4) is 0 Å². The van der Waals surface area contributed by atoms with Crippen LogP contribution in [0.2, 0.25) is 0 Å². The average Bonchev–Trinajstić information content (AvgIpc) is 2.47. The lowest BCUT2D eigenvalue weighted by atomic mass is 10.1. The molecule has 0 amide bonds. The van der Waals surface area contributed by atoms with Crippen molar-refractivity contribution in [1.29, 1.82) is 0 Å². The first-order chi connectivity index (χ1) is 9.69. The second-order valence-electron chi connectivity index (χ2n) is 4.68. The minimum Gasteiger partial charge on any atom is -0.409 e. The van der Waals surface area contributed by atoms with Gasteiger partial charge in [0.05, 0.1) is 5.69 Å². The fourth-order valence-corrected chi connectivity index (χ4v) is 2.02. The van der Waals surface area contributed by atoms with E-state index in [2.05, 4.69) is 15.0 Å². The van der Waals surface area contributed by atoms with Gasteiger partial charge in [0.25, 0.3) is 0 Å². The zero-order valence-electron chi connectivity index (χ0n) is 11.4. The van der Waals surface area contributed by atoms with Gasteiger partial charge < -0.3 is 10.9 Å². The summed E-state index contributed by atoms with van der Waals surface area (Å²) in [5.74, 6) is 0.124. The minimum atomic E-state index is 0.124. The van der Waals surface area contributed by atoms with Crippen molar-refractivity contribution in [3.63, 3.8) is 0 Å². The molecule has 0 atom stereocenters. The lowest BCUT2D eigenvalue weighted by Crippen LogP contribution is -2.19. The highest BCUT2D eigenvalue weighted by atomic mass is 16.4. The van der Waals surface area contributed by atoms with Crippen molar-refractivity contribution in [2.75, 3.05) is 7.05 Å². The zero-order valence-corrected chi connectivity index (χ0v) is 11.4. The van der Waals surface area contributed by atoms with E-state index in [4.69, 9.17) is 10.9 Å². The van der Waals surface area contributed by atoms with E-state index in [1.54, 1.807) is 6.20 Å². The van der Waals surface area contributed by atoms with Gasteiger partial charge in [-0.25, -0.2) is 0 Å². The van der Waals surface area contributed by atoms with E-state index < -0.39 is 0 Å². The fraction of sp³-hybridized carbons (Fsp3) is 0.200. The topological polar surface area (TPSA) is 74.7 Å². The number of pyridine rings is 1. The molecule has 0 spiro atoms. The Morgan fingerprint density at radius 2 is 2.10 bits per heavy atom. The van der Waals surface area contributed by atoms with Crippen molar-refractivity contribution >= 4 is 5.84 Å². The molecule has 20 heavy (non-hydrogen) atoms. The maximum Gasteiger partial charge on any atom is 0.170 e. The number of rotatable bonds is 5. The van der Waals surface area contributed by atoms with Crippen LogP contribution in [-0.2, 0) is 13.1 Å². The van der Waals surface area contributed by atoms with Crippen LogP contribution in [0.4, 0.5) is 0 Å². The lowest BCUT2D eigenvalue weighted by Gasteiger charge is -2.16. The summed E-state index contributed by atoms with van der Waals surface area (Å²) in [4.78, 5) is 6.47. The standard InChI is InChI=1S/C15H18N4O/c1-19(11-14-7-2-3-8-17-14)10-12-5-4-6-13(9-12)15(16)18-20/h2-9,20H,10-11H2,1H3,(H2,16,18). The summed E-state index contributed by atoms with van der Waals surface area (Å²) in [6, 6.07) is 13.5. The number of nitrogens with two attached hydrogens (primary N) is 1. The Morgan fingerprint density at radius 3 is 2.80 bits per heavy atom. The van der Waals surface area contributed by atoms with Crippen molar-refractivity contribution in [2.24, 2.45) is 10.9 Å². The molecule has 5 nitrogen and oxygen atoms in total. The molecule has 1 aromatic heterocycles. The third-order valence-electron chi connectivity index (χ3n) is 2.94. The molecule has 0 aliphatic rings. The van der Waals surface area contributed by atoms with Crippen LogP contribution in [0.25, 0.3) is 0 Å². The Bertz CT molecular complexity index is 583. The molecule has 0 unspecified atom stereocenters. The molecule has 0 bridgehead atoms. The highest BCUT2D eigenvalue weighted by Crippen LogP contribution is 2.09. The predicted octanol–water partition coefficient (Wildman–Crippen LogP) is 1.81. The summed E-state index contributed by atoms with van der Waals surface area (Å²) in [5, 5.41) is 11.7. The summed E-state index contributed by atoms with van der Waals surface area (Å²) in [5.41, 5.74) is 8.45.